The molecule has 5 heteroatoms. The van der Waals surface area contributed by atoms with Gasteiger partial charge < -0.3 is 4.74 Å². The molecule has 0 radical (unpaired) electrons. The monoisotopic (exact) mass is 251 g/mol. The maximum atomic E-state index is 13.0. The molecule has 0 spiro atoms. The van der Waals surface area contributed by atoms with Crippen LogP contribution in [0.25, 0.3) is 10.6 Å². The number of benzene rings is 1. The van der Waals surface area contributed by atoms with Crippen molar-refractivity contribution in [2.24, 2.45) is 0 Å². The van der Waals surface area contributed by atoms with Crippen molar-refractivity contribution in [3.8, 4) is 10.6 Å². The number of carbonyl (C=O) groups excluding carboxylic acids is 1. The van der Waals surface area contributed by atoms with E-state index in [0.717, 1.165) is 0 Å². The van der Waals surface area contributed by atoms with E-state index in [1.807, 2.05) is 0 Å². The van der Waals surface area contributed by atoms with Gasteiger partial charge in [0.05, 0.1) is 12.8 Å². The van der Waals surface area contributed by atoms with Gasteiger partial charge in [0.25, 0.3) is 0 Å². The smallest absolute Gasteiger partial charge is 0.349 e. The third-order valence-corrected chi connectivity index (χ3v) is 3.08. The Kier molecular flexibility index (Phi) is 3.49. The molecule has 0 aliphatic rings. The average Bonchev–Trinajstić information content (AvgIpc) is 2.78. The predicted octanol–water partition coefficient (Wildman–Crippen LogP) is 3.13. The number of rotatable bonds is 3. The summed E-state index contributed by atoms with van der Waals surface area (Å²) < 4.78 is 17.9. The number of hydrogen-bond donors (Lipinski definition) is 0. The Bertz CT molecular complexity index is 539. The summed E-state index contributed by atoms with van der Waals surface area (Å²) in [6, 6.07) is 6.10. The molecule has 17 heavy (non-hydrogen) atoms. The van der Waals surface area contributed by atoms with E-state index in [1.165, 1.54) is 29.7 Å². The summed E-state index contributed by atoms with van der Waals surface area (Å²) in [5.41, 5.74) is 0.658. The molecule has 2 rings (SSSR count). The molecule has 0 amide bonds. The van der Waals surface area contributed by atoms with Crippen LogP contribution in [-0.4, -0.2) is 17.6 Å². The van der Waals surface area contributed by atoms with Crippen LogP contribution in [0.5, 0.6) is 0 Å². The number of esters is 1. The first-order valence-electron chi connectivity index (χ1n) is 5.09. The van der Waals surface area contributed by atoms with Crippen LogP contribution in [0, 0.1) is 5.82 Å². The first kappa shape index (κ1) is 11.7. The Hall–Kier alpha value is -1.75. The third-order valence-electron chi connectivity index (χ3n) is 2.05. The quantitative estimate of drug-likeness (QED) is 0.787. The Labute approximate surface area is 102 Å². The minimum Gasteiger partial charge on any atom is -0.462 e. The molecule has 3 nitrogen and oxygen atoms in total. The lowest BCUT2D eigenvalue weighted by molar-refractivity contribution is 0.0532. The molecular weight excluding hydrogens is 241 g/mol. The van der Waals surface area contributed by atoms with Gasteiger partial charge in [-0.15, -0.1) is 11.3 Å². The molecule has 0 bridgehead atoms. The molecule has 0 saturated heterocycles. The molecule has 1 aromatic heterocycles. The number of carbonyl (C=O) groups is 1. The maximum Gasteiger partial charge on any atom is 0.349 e. The van der Waals surface area contributed by atoms with E-state index < -0.39 is 5.97 Å². The number of nitrogens with zero attached hydrogens (tertiary/aromatic N) is 1. The highest BCUT2D eigenvalue weighted by Crippen LogP contribution is 2.25. The summed E-state index contributed by atoms with van der Waals surface area (Å²) in [5, 5.41) is 0.604. The van der Waals surface area contributed by atoms with Crippen LogP contribution in [0.3, 0.4) is 0 Å². The molecule has 0 unspecified atom stereocenters. The average molecular weight is 251 g/mol. The lowest BCUT2D eigenvalue weighted by Crippen LogP contribution is -2.01. The summed E-state index contributed by atoms with van der Waals surface area (Å²) in [5.74, 6) is -0.719. The second kappa shape index (κ2) is 5.05. The van der Waals surface area contributed by atoms with Crippen LogP contribution in [0.15, 0.2) is 30.5 Å². The number of aromatic nitrogens is 1. The van der Waals surface area contributed by atoms with Gasteiger partial charge in [-0.2, -0.15) is 0 Å². The van der Waals surface area contributed by atoms with Crippen molar-refractivity contribution in [1.82, 2.24) is 4.98 Å². The van der Waals surface area contributed by atoms with Crippen molar-refractivity contribution in [3.05, 3.63) is 41.2 Å². The van der Waals surface area contributed by atoms with Gasteiger partial charge in [0, 0.05) is 5.56 Å². The second-order valence-corrected chi connectivity index (χ2v) is 4.29. The van der Waals surface area contributed by atoms with E-state index in [-0.39, 0.29) is 5.82 Å². The summed E-state index contributed by atoms with van der Waals surface area (Å²) in [6.45, 7) is 2.07. The van der Waals surface area contributed by atoms with Gasteiger partial charge in [0.15, 0.2) is 0 Å². The molecule has 1 aromatic carbocycles. The Balaban J connectivity index is 2.27. The molecule has 0 atom stereocenters. The van der Waals surface area contributed by atoms with Gasteiger partial charge in [-0.05, 0) is 19.1 Å². The third kappa shape index (κ3) is 2.68. The topological polar surface area (TPSA) is 39.2 Å². The molecule has 0 fully saturated rings. The SMILES string of the molecule is CCOC(=O)c1cnc(-c2cccc(F)c2)s1. The zero-order valence-electron chi connectivity index (χ0n) is 9.14. The summed E-state index contributed by atoms with van der Waals surface area (Å²) in [6.07, 6.45) is 1.45. The van der Waals surface area contributed by atoms with E-state index in [2.05, 4.69) is 4.98 Å². The van der Waals surface area contributed by atoms with E-state index in [0.29, 0.717) is 22.1 Å². The highest BCUT2D eigenvalue weighted by atomic mass is 32.1. The minimum atomic E-state index is -0.396. The van der Waals surface area contributed by atoms with E-state index in [9.17, 15) is 9.18 Å². The van der Waals surface area contributed by atoms with Gasteiger partial charge in [-0.3, -0.25) is 0 Å². The van der Waals surface area contributed by atoms with Gasteiger partial charge in [0.2, 0.25) is 0 Å². The number of ether oxygens (including phenoxy) is 1. The molecule has 0 aliphatic heterocycles. The fraction of sp³-hybridized carbons (Fsp3) is 0.167. The van der Waals surface area contributed by atoms with Crippen LogP contribution in [0.1, 0.15) is 16.6 Å². The van der Waals surface area contributed by atoms with E-state index in [4.69, 9.17) is 4.74 Å². The fourth-order valence-electron chi connectivity index (χ4n) is 1.33. The standard InChI is InChI=1S/C12H10FNO2S/c1-2-16-12(15)10-7-14-11(17-10)8-4-3-5-9(13)6-8/h3-7H,2H2,1H3. The summed E-state index contributed by atoms with van der Waals surface area (Å²) >= 11 is 1.19. The van der Waals surface area contributed by atoms with Gasteiger partial charge in [-0.1, -0.05) is 12.1 Å². The van der Waals surface area contributed by atoms with Gasteiger partial charge >= 0.3 is 5.97 Å². The Morgan fingerprint density at radius 2 is 2.35 bits per heavy atom. The van der Waals surface area contributed by atoms with E-state index >= 15 is 0 Å². The molecule has 2 aromatic rings. The largest absolute Gasteiger partial charge is 0.462 e. The lowest BCUT2D eigenvalue weighted by atomic mass is 10.2. The maximum absolute atomic E-state index is 13.0. The van der Waals surface area contributed by atoms with Crippen LogP contribution < -0.4 is 0 Å². The number of halogens is 1. The van der Waals surface area contributed by atoms with E-state index in [1.54, 1.807) is 19.1 Å². The van der Waals surface area contributed by atoms with Crippen molar-refractivity contribution >= 4 is 17.3 Å². The molecule has 0 aliphatic carbocycles. The molecule has 0 N–H and O–H groups in total. The van der Waals surface area contributed by atoms with Crippen molar-refractivity contribution in [2.45, 2.75) is 6.92 Å². The lowest BCUT2D eigenvalue weighted by Gasteiger charge is -1.96. The first-order chi connectivity index (χ1) is 8.20. The van der Waals surface area contributed by atoms with Crippen molar-refractivity contribution in [2.75, 3.05) is 6.61 Å². The number of hydrogen-bond acceptors (Lipinski definition) is 4. The van der Waals surface area contributed by atoms with Crippen LogP contribution >= 0.6 is 11.3 Å². The Morgan fingerprint density at radius 1 is 1.53 bits per heavy atom. The van der Waals surface area contributed by atoms with Crippen LogP contribution in [0.2, 0.25) is 0 Å². The Morgan fingerprint density at radius 3 is 3.06 bits per heavy atom. The van der Waals surface area contributed by atoms with Crippen molar-refractivity contribution in [3.63, 3.8) is 0 Å². The zero-order chi connectivity index (χ0) is 12.3. The zero-order valence-corrected chi connectivity index (χ0v) is 9.96. The number of thiazole rings is 1. The summed E-state index contributed by atoms with van der Waals surface area (Å²) in [4.78, 5) is 15.9. The molecular formula is C12H10FNO2S. The molecule has 1 heterocycles. The minimum absolute atomic E-state index is 0.324. The van der Waals surface area contributed by atoms with Gasteiger partial charge in [-0.25, -0.2) is 14.2 Å². The molecule has 0 saturated carbocycles. The molecule has 88 valence electrons. The highest BCUT2D eigenvalue weighted by Gasteiger charge is 2.12. The van der Waals surface area contributed by atoms with Crippen molar-refractivity contribution in [1.29, 1.82) is 0 Å². The normalized spacial score (nSPS) is 10.2. The van der Waals surface area contributed by atoms with Crippen LogP contribution in [0.4, 0.5) is 4.39 Å². The van der Waals surface area contributed by atoms with Crippen LogP contribution in [-0.2, 0) is 4.74 Å². The summed E-state index contributed by atoms with van der Waals surface area (Å²) in [7, 11) is 0. The first-order valence-corrected chi connectivity index (χ1v) is 5.91. The predicted molar refractivity (Wildman–Crippen MR) is 63.5 cm³/mol. The van der Waals surface area contributed by atoms with Gasteiger partial charge in [0.1, 0.15) is 15.7 Å². The second-order valence-electron chi connectivity index (χ2n) is 3.26. The fourth-order valence-corrected chi connectivity index (χ4v) is 2.13. The highest BCUT2D eigenvalue weighted by molar-refractivity contribution is 7.16. The van der Waals surface area contributed by atoms with Crippen molar-refractivity contribution < 1.29 is 13.9 Å².